The molecule has 1 atom stereocenters. The van der Waals surface area contributed by atoms with Crippen molar-refractivity contribution in [3.05, 3.63) is 102 Å². The van der Waals surface area contributed by atoms with Gasteiger partial charge in [-0.2, -0.15) is 0 Å². The van der Waals surface area contributed by atoms with Crippen LogP contribution in [0.25, 0.3) is 10.9 Å². The zero-order valence-corrected chi connectivity index (χ0v) is 19.9. The molecule has 186 valence electrons. The number of fused-ring (bicyclic) bond motifs is 2. The largest absolute Gasteiger partial charge is 0.464 e. The molecule has 0 saturated carbocycles. The second kappa shape index (κ2) is 10.1. The molecule has 0 bridgehead atoms. The minimum absolute atomic E-state index is 0.0221. The minimum atomic E-state index is -1.36. The molecule has 0 radical (unpaired) electrons. The molecule has 0 spiro atoms. The molecule has 9 heteroatoms. The molecular weight excluding hydrogens is 475 g/mol. The van der Waals surface area contributed by atoms with Crippen LogP contribution in [0.2, 0.25) is 0 Å². The fourth-order valence-electron chi connectivity index (χ4n) is 4.30. The average molecular weight is 499 g/mol. The number of carbonyl (C=O) groups excluding carboxylic acids is 3. The zero-order valence-electron chi connectivity index (χ0n) is 19.9. The predicted octanol–water partition coefficient (Wildman–Crippen LogP) is 3.81. The van der Waals surface area contributed by atoms with Crippen molar-refractivity contribution in [1.29, 1.82) is 0 Å². The molecule has 2 amide bonds. The number of aromatic amines is 1. The number of benzene rings is 3. The van der Waals surface area contributed by atoms with E-state index in [1.165, 1.54) is 17.9 Å². The molecule has 1 aromatic heterocycles. The highest BCUT2D eigenvalue weighted by Gasteiger charge is 2.34. The first-order valence-electron chi connectivity index (χ1n) is 11.7. The monoisotopic (exact) mass is 498 g/mol. The van der Waals surface area contributed by atoms with Gasteiger partial charge in [0.1, 0.15) is 18.1 Å². The fraction of sp³-hybridized carbons (Fsp3) is 0.143. The molecule has 0 unspecified atom stereocenters. The number of benzodiazepines with no additional fused rings is 1. The van der Waals surface area contributed by atoms with E-state index in [0.29, 0.717) is 11.3 Å². The lowest BCUT2D eigenvalue weighted by atomic mass is 10.00. The van der Waals surface area contributed by atoms with E-state index in [1.807, 2.05) is 24.3 Å². The number of nitrogens with one attached hydrogen (secondary N) is 2. The van der Waals surface area contributed by atoms with Gasteiger partial charge in [0, 0.05) is 29.0 Å². The summed E-state index contributed by atoms with van der Waals surface area (Å²) in [5.41, 5.74) is 2.40. The van der Waals surface area contributed by atoms with Gasteiger partial charge in [0.2, 0.25) is 6.17 Å². The highest BCUT2D eigenvalue weighted by Crippen LogP contribution is 2.29. The lowest BCUT2D eigenvalue weighted by Crippen LogP contribution is -2.48. The van der Waals surface area contributed by atoms with Crippen LogP contribution in [0.15, 0.2) is 83.9 Å². The summed E-state index contributed by atoms with van der Waals surface area (Å²) in [4.78, 5) is 47.3. The highest BCUT2D eigenvalue weighted by molar-refractivity contribution is 6.20. The average Bonchev–Trinajstić information content (AvgIpc) is 3.30. The Kier molecular flexibility index (Phi) is 6.51. The Hall–Kier alpha value is -4.79. The SMILES string of the molecule is CC(=O)OCCN1C(=O)[C@H](NC(=O)c2cc3ccccc3[nH]2)N=C(c2ccccc2F)c2ccccc21. The Morgan fingerprint density at radius 1 is 1.03 bits per heavy atom. The Bertz CT molecular complexity index is 1510. The van der Waals surface area contributed by atoms with Crippen LogP contribution in [0.1, 0.15) is 28.5 Å². The van der Waals surface area contributed by atoms with Crippen molar-refractivity contribution < 1.29 is 23.5 Å². The standard InChI is InChI=1S/C28H23FN4O4/c1-17(34)37-15-14-33-24-13-7-4-10-20(24)25(19-9-3-5-11-21(19)29)31-26(28(33)36)32-27(35)23-16-18-8-2-6-12-22(18)30-23/h2-13,16,26,30H,14-15H2,1H3,(H,32,35)/t26-/m0/s1. The number of esters is 1. The Balaban J connectivity index is 1.57. The Labute approximate surface area is 211 Å². The van der Waals surface area contributed by atoms with Gasteiger partial charge in [-0.15, -0.1) is 0 Å². The molecule has 1 aliphatic rings. The number of halogens is 1. The smallest absolute Gasteiger partial charge is 0.302 e. The third kappa shape index (κ3) is 4.84. The normalized spacial score (nSPS) is 15.1. The summed E-state index contributed by atoms with van der Waals surface area (Å²) in [5, 5.41) is 3.53. The van der Waals surface area contributed by atoms with Crippen molar-refractivity contribution in [3.63, 3.8) is 0 Å². The number of carbonyl (C=O) groups is 3. The van der Waals surface area contributed by atoms with Crippen molar-refractivity contribution in [2.45, 2.75) is 13.1 Å². The van der Waals surface area contributed by atoms with Crippen molar-refractivity contribution in [2.24, 2.45) is 4.99 Å². The quantitative estimate of drug-likeness (QED) is 0.395. The van der Waals surface area contributed by atoms with Crippen LogP contribution < -0.4 is 10.2 Å². The molecular formula is C28H23FN4O4. The lowest BCUT2D eigenvalue weighted by molar-refractivity contribution is -0.141. The van der Waals surface area contributed by atoms with Gasteiger partial charge in [-0.25, -0.2) is 9.38 Å². The summed E-state index contributed by atoms with van der Waals surface area (Å²) in [7, 11) is 0. The number of hydrogen-bond acceptors (Lipinski definition) is 5. The summed E-state index contributed by atoms with van der Waals surface area (Å²) in [5.74, 6) is -2.09. The molecule has 4 aromatic rings. The number of aromatic nitrogens is 1. The zero-order chi connectivity index (χ0) is 25.9. The molecule has 0 fully saturated rings. The van der Waals surface area contributed by atoms with Crippen LogP contribution in [0.4, 0.5) is 10.1 Å². The second-order valence-electron chi connectivity index (χ2n) is 8.45. The first-order valence-corrected chi connectivity index (χ1v) is 11.7. The summed E-state index contributed by atoms with van der Waals surface area (Å²) in [6.07, 6.45) is -1.36. The minimum Gasteiger partial charge on any atom is -0.464 e. The molecule has 2 N–H and O–H groups in total. The fourth-order valence-corrected chi connectivity index (χ4v) is 4.30. The van der Waals surface area contributed by atoms with Crippen molar-refractivity contribution in [1.82, 2.24) is 10.3 Å². The van der Waals surface area contributed by atoms with Gasteiger partial charge in [-0.1, -0.05) is 48.5 Å². The molecule has 8 nitrogen and oxygen atoms in total. The van der Waals surface area contributed by atoms with Crippen LogP contribution in [-0.4, -0.2) is 47.8 Å². The number of H-pyrrole nitrogens is 1. The van der Waals surface area contributed by atoms with Gasteiger partial charge >= 0.3 is 5.97 Å². The number of amides is 2. The number of para-hydroxylation sites is 2. The van der Waals surface area contributed by atoms with Crippen LogP contribution in [0.3, 0.4) is 0 Å². The lowest BCUT2D eigenvalue weighted by Gasteiger charge is -2.25. The molecule has 5 rings (SSSR count). The van der Waals surface area contributed by atoms with Crippen LogP contribution >= 0.6 is 0 Å². The van der Waals surface area contributed by atoms with Crippen LogP contribution in [0.5, 0.6) is 0 Å². The van der Waals surface area contributed by atoms with Gasteiger partial charge in [0.15, 0.2) is 0 Å². The molecule has 0 aliphatic carbocycles. The first-order chi connectivity index (χ1) is 17.9. The molecule has 2 heterocycles. The van der Waals surface area contributed by atoms with Crippen molar-refractivity contribution in [2.75, 3.05) is 18.1 Å². The second-order valence-corrected chi connectivity index (χ2v) is 8.45. The van der Waals surface area contributed by atoms with Crippen molar-refractivity contribution in [3.8, 4) is 0 Å². The van der Waals surface area contributed by atoms with E-state index in [4.69, 9.17) is 4.74 Å². The Morgan fingerprint density at radius 3 is 2.49 bits per heavy atom. The van der Waals surface area contributed by atoms with E-state index >= 15 is 0 Å². The number of anilines is 1. The van der Waals surface area contributed by atoms with Gasteiger partial charge in [-0.05, 0) is 30.3 Å². The van der Waals surface area contributed by atoms with E-state index in [9.17, 15) is 18.8 Å². The highest BCUT2D eigenvalue weighted by atomic mass is 19.1. The summed E-state index contributed by atoms with van der Waals surface area (Å²) in [6.45, 7) is 1.24. The van der Waals surface area contributed by atoms with E-state index in [2.05, 4.69) is 15.3 Å². The maximum Gasteiger partial charge on any atom is 0.302 e. The van der Waals surface area contributed by atoms with Gasteiger partial charge in [-0.3, -0.25) is 14.4 Å². The predicted molar refractivity (Wildman–Crippen MR) is 137 cm³/mol. The molecule has 37 heavy (non-hydrogen) atoms. The van der Waals surface area contributed by atoms with E-state index in [-0.39, 0.29) is 30.1 Å². The summed E-state index contributed by atoms with van der Waals surface area (Å²) in [6, 6.07) is 22.1. The Morgan fingerprint density at radius 2 is 1.73 bits per heavy atom. The third-order valence-electron chi connectivity index (χ3n) is 6.00. The first kappa shape index (κ1) is 23.9. The topological polar surface area (TPSA) is 104 Å². The van der Waals surface area contributed by atoms with Gasteiger partial charge in [0.25, 0.3) is 11.8 Å². The van der Waals surface area contributed by atoms with Gasteiger partial charge in [0.05, 0.1) is 17.9 Å². The van der Waals surface area contributed by atoms with E-state index in [1.54, 1.807) is 48.5 Å². The maximum absolute atomic E-state index is 14.9. The van der Waals surface area contributed by atoms with Crippen LogP contribution in [-0.2, 0) is 14.3 Å². The summed E-state index contributed by atoms with van der Waals surface area (Å²) >= 11 is 0. The molecule has 1 aliphatic heterocycles. The maximum atomic E-state index is 14.9. The van der Waals surface area contributed by atoms with Gasteiger partial charge < -0.3 is 19.9 Å². The number of hydrogen-bond donors (Lipinski definition) is 2. The molecule has 0 saturated heterocycles. The van der Waals surface area contributed by atoms with E-state index < -0.39 is 29.8 Å². The summed E-state index contributed by atoms with van der Waals surface area (Å²) < 4.78 is 20.0. The molecule has 3 aromatic carbocycles. The van der Waals surface area contributed by atoms with Crippen molar-refractivity contribution >= 4 is 40.1 Å². The van der Waals surface area contributed by atoms with Crippen LogP contribution in [0, 0.1) is 5.82 Å². The van der Waals surface area contributed by atoms with E-state index in [0.717, 1.165) is 10.9 Å². The number of aliphatic imine (C=N–C) groups is 1. The third-order valence-corrected chi connectivity index (χ3v) is 6.00. The number of ether oxygens (including phenoxy) is 1. The number of rotatable bonds is 6. The number of nitrogens with zero attached hydrogens (tertiary/aromatic N) is 2.